The highest BCUT2D eigenvalue weighted by atomic mass is 16.6. The van der Waals surface area contributed by atoms with Crippen molar-refractivity contribution in [1.82, 2.24) is 35.1 Å². The minimum atomic E-state index is -0.831. The molecule has 2 aliphatic heterocycles. The number of nitrogens with two attached hydrogens (primary N) is 1. The standard InChI is InChI=1S/C44H48N8O5/c1-27(53)48-39(32-9-3-2-4-10-32)43(55)52-24-8-13-37(52)41-47-26-35(50-41)31-21-17-29(18-22-31)28-15-19-30(20-16-28)34-25-46-40(49-34)36-12-7-23-51(36)42(54)33-11-5-6-14-38(33)57-44(45)56/h2-4,9-10,15-22,25-26,33,36-39H,5-8,11-14,23-24H2,1H3,(H2,45,56)(H,46,49)(H,47,50)(H,48,53)/t33-,36-,37-,38+,39+/m0/s1. The number of primary amides is 1. The molecule has 0 bridgehead atoms. The first-order valence-corrected chi connectivity index (χ1v) is 19.9. The van der Waals surface area contributed by atoms with Crippen molar-refractivity contribution in [2.45, 2.75) is 82.5 Å². The number of carbonyl (C=O) groups is 4. The number of hydrogen-bond donors (Lipinski definition) is 4. The van der Waals surface area contributed by atoms with Crippen LogP contribution >= 0.6 is 0 Å². The topological polar surface area (TPSA) is 179 Å². The smallest absolute Gasteiger partial charge is 0.404 e. The van der Waals surface area contributed by atoms with E-state index in [9.17, 15) is 19.2 Å². The van der Waals surface area contributed by atoms with E-state index in [4.69, 9.17) is 20.4 Å². The predicted octanol–water partition coefficient (Wildman–Crippen LogP) is 6.99. The average molecular weight is 769 g/mol. The normalized spacial score (nSPS) is 21.3. The van der Waals surface area contributed by atoms with E-state index in [2.05, 4.69) is 63.8 Å². The quantitative estimate of drug-likeness (QED) is 0.118. The third-order valence-corrected chi connectivity index (χ3v) is 11.6. The van der Waals surface area contributed by atoms with Crippen molar-refractivity contribution < 1.29 is 23.9 Å². The first-order chi connectivity index (χ1) is 27.7. The molecule has 1 aliphatic carbocycles. The zero-order valence-electron chi connectivity index (χ0n) is 32.0. The predicted molar refractivity (Wildman–Crippen MR) is 214 cm³/mol. The van der Waals surface area contributed by atoms with E-state index >= 15 is 0 Å². The summed E-state index contributed by atoms with van der Waals surface area (Å²) in [4.78, 5) is 71.2. The van der Waals surface area contributed by atoms with Crippen molar-refractivity contribution in [2.24, 2.45) is 11.7 Å². The van der Waals surface area contributed by atoms with E-state index in [1.165, 1.54) is 6.92 Å². The van der Waals surface area contributed by atoms with Gasteiger partial charge in [0.1, 0.15) is 23.8 Å². The van der Waals surface area contributed by atoms with Crippen molar-refractivity contribution in [3.63, 3.8) is 0 Å². The van der Waals surface area contributed by atoms with E-state index in [1.807, 2.05) is 52.5 Å². The van der Waals surface area contributed by atoms with Gasteiger partial charge in [-0.25, -0.2) is 14.8 Å². The molecule has 0 spiro atoms. The highest BCUT2D eigenvalue weighted by molar-refractivity contribution is 5.88. The number of H-pyrrole nitrogens is 2. The number of hydrogen-bond acceptors (Lipinski definition) is 7. The van der Waals surface area contributed by atoms with Crippen LogP contribution < -0.4 is 11.1 Å². The van der Waals surface area contributed by atoms with Crippen LogP contribution in [-0.4, -0.2) is 72.7 Å². The number of nitrogens with zero attached hydrogens (tertiary/aromatic N) is 4. The Morgan fingerprint density at radius 2 is 1.23 bits per heavy atom. The van der Waals surface area contributed by atoms with Gasteiger partial charge in [0.2, 0.25) is 17.7 Å². The monoisotopic (exact) mass is 768 g/mol. The van der Waals surface area contributed by atoms with E-state index in [0.29, 0.717) is 25.9 Å². The van der Waals surface area contributed by atoms with Gasteiger partial charge in [-0.05, 0) is 72.8 Å². The average Bonchev–Trinajstić information content (AvgIpc) is 4.07. The van der Waals surface area contributed by atoms with E-state index in [0.717, 1.165) is 89.4 Å². The second-order valence-electron chi connectivity index (χ2n) is 15.3. The fraction of sp³-hybridized carbons (Fsp3) is 0.364. The van der Waals surface area contributed by atoms with Crippen LogP contribution in [0.2, 0.25) is 0 Å². The van der Waals surface area contributed by atoms with Crippen LogP contribution in [0.15, 0.2) is 91.3 Å². The molecular formula is C44H48N8O5. The lowest BCUT2D eigenvalue weighted by Crippen LogP contribution is -2.44. The Morgan fingerprint density at radius 1 is 0.702 bits per heavy atom. The molecular weight excluding hydrogens is 721 g/mol. The molecule has 1 saturated carbocycles. The lowest BCUT2D eigenvalue weighted by molar-refractivity contribution is -0.142. The molecule has 4 amide bonds. The first kappa shape index (κ1) is 37.7. The zero-order chi connectivity index (χ0) is 39.5. The van der Waals surface area contributed by atoms with Crippen molar-refractivity contribution >= 4 is 23.8 Å². The van der Waals surface area contributed by atoms with Gasteiger partial charge in [-0.15, -0.1) is 0 Å². The molecule has 294 valence electrons. The van der Waals surface area contributed by atoms with E-state index in [1.54, 1.807) is 0 Å². The van der Waals surface area contributed by atoms with E-state index in [-0.39, 0.29) is 35.7 Å². The zero-order valence-corrected chi connectivity index (χ0v) is 32.0. The highest BCUT2D eigenvalue weighted by Crippen LogP contribution is 2.38. The van der Waals surface area contributed by atoms with Crippen LogP contribution in [0.1, 0.15) is 93.6 Å². The van der Waals surface area contributed by atoms with Gasteiger partial charge in [-0.2, -0.15) is 0 Å². The van der Waals surface area contributed by atoms with Crippen LogP contribution in [0.5, 0.6) is 0 Å². The summed E-state index contributed by atoms with van der Waals surface area (Å²) in [6.07, 6.45) is 8.82. The van der Waals surface area contributed by atoms with Crippen molar-refractivity contribution in [3.8, 4) is 33.6 Å². The lowest BCUT2D eigenvalue weighted by Gasteiger charge is -2.34. The Bertz CT molecular complexity index is 2220. The lowest BCUT2D eigenvalue weighted by atomic mass is 9.85. The minimum absolute atomic E-state index is 0.00847. The van der Waals surface area contributed by atoms with Crippen LogP contribution in [0, 0.1) is 5.92 Å². The van der Waals surface area contributed by atoms with Gasteiger partial charge in [-0.3, -0.25) is 14.4 Å². The fourth-order valence-electron chi connectivity index (χ4n) is 8.80. The van der Waals surface area contributed by atoms with Crippen molar-refractivity contribution in [2.75, 3.05) is 13.1 Å². The number of aromatic nitrogens is 4. The molecule has 5 atom stereocenters. The van der Waals surface area contributed by atoms with Gasteiger partial charge in [0.25, 0.3) is 0 Å². The Kier molecular flexibility index (Phi) is 10.9. The summed E-state index contributed by atoms with van der Waals surface area (Å²) in [5, 5.41) is 2.85. The number of rotatable bonds is 10. The number of aromatic amines is 2. The molecule has 0 radical (unpaired) electrons. The van der Waals surface area contributed by atoms with Gasteiger partial charge in [-0.1, -0.05) is 85.3 Å². The molecule has 4 heterocycles. The Labute approximate surface area is 331 Å². The number of likely N-dealkylation sites (tertiary alicyclic amines) is 2. The summed E-state index contributed by atoms with van der Waals surface area (Å²) in [5.74, 6) is 0.716. The number of imidazole rings is 2. The van der Waals surface area contributed by atoms with Gasteiger partial charge >= 0.3 is 6.09 Å². The van der Waals surface area contributed by atoms with Crippen molar-refractivity contribution in [3.05, 3.63) is 108 Å². The number of amides is 4. The molecule has 3 aromatic carbocycles. The summed E-state index contributed by atoms with van der Waals surface area (Å²) in [6, 6.07) is 24.8. The van der Waals surface area contributed by atoms with Gasteiger partial charge in [0.05, 0.1) is 41.8 Å². The second-order valence-corrected chi connectivity index (χ2v) is 15.3. The minimum Gasteiger partial charge on any atom is -0.446 e. The summed E-state index contributed by atoms with van der Waals surface area (Å²) in [6.45, 7) is 2.66. The summed E-state index contributed by atoms with van der Waals surface area (Å²) >= 11 is 0. The Morgan fingerprint density at radius 3 is 1.79 bits per heavy atom. The van der Waals surface area contributed by atoms with Crippen LogP contribution in [0.3, 0.4) is 0 Å². The first-order valence-electron chi connectivity index (χ1n) is 19.9. The Balaban J connectivity index is 0.918. The molecule has 57 heavy (non-hydrogen) atoms. The van der Waals surface area contributed by atoms with E-state index < -0.39 is 18.2 Å². The molecule has 3 fully saturated rings. The fourth-order valence-corrected chi connectivity index (χ4v) is 8.80. The summed E-state index contributed by atoms with van der Waals surface area (Å²) in [5.41, 5.74) is 11.9. The molecule has 5 aromatic rings. The molecule has 3 aliphatic rings. The van der Waals surface area contributed by atoms with Crippen LogP contribution in [-0.2, 0) is 19.1 Å². The third-order valence-electron chi connectivity index (χ3n) is 11.6. The highest BCUT2D eigenvalue weighted by Gasteiger charge is 2.41. The van der Waals surface area contributed by atoms with Crippen LogP contribution in [0.25, 0.3) is 33.6 Å². The number of nitrogens with one attached hydrogen (secondary N) is 3. The van der Waals surface area contributed by atoms with Gasteiger partial charge < -0.3 is 35.6 Å². The maximum atomic E-state index is 13.8. The molecule has 2 saturated heterocycles. The molecule has 13 nitrogen and oxygen atoms in total. The molecule has 8 rings (SSSR count). The summed E-state index contributed by atoms with van der Waals surface area (Å²) < 4.78 is 5.35. The Hall–Kier alpha value is -6.24. The SMILES string of the molecule is CC(=O)N[C@@H](C(=O)N1CCC[C@H]1c1ncc(-c2ccc(-c3ccc(-c4cnc([C@@H]5CCCN5C(=O)[C@H]5CCCC[C@H]5OC(N)=O)[nH]4)cc3)cc2)[nH]1)c1ccccc1. The molecule has 5 N–H and O–H groups in total. The maximum Gasteiger partial charge on any atom is 0.404 e. The molecule has 2 aromatic heterocycles. The summed E-state index contributed by atoms with van der Waals surface area (Å²) in [7, 11) is 0. The second kappa shape index (κ2) is 16.5. The largest absolute Gasteiger partial charge is 0.446 e. The van der Waals surface area contributed by atoms with Crippen molar-refractivity contribution in [1.29, 1.82) is 0 Å². The molecule has 0 unspecified atom stereocenters. The van der Waals surface area contributed by atoms with Gasteiger partial charge in [0, 0.05) is 20.0 Å². The third kappa shape index (κ3) is 8.05. The molecule has 13 heteroatoms. The number of carbonyl (C=O) groups excluding carboxylic acids is 4. The number of benzene rings is 3. The maximum absolute atomic E-state index is 13.8. The van der Waals surface area contributed by atoms with Gasteiger partial charge in [0.15, 0.2) is 0 Å². The van der Waals surface area contributed by atoms with Crippen LogP contribution in [0.4, 0.5) is 4.79 Å². The number of ether oxygens (including phenoxy) is 1.